The number of carbonyl (C=O) groups excluding carboxylic acids is 1. The van der Waals surface area contributed by atoms with E-state index in [1.165, 1.54) is 0 Å². The number of nitrogens with one attached hydrogen (secondary N) is 1. The summed E-state index contributed by atoms with van der Waals surface area (Å²) in [4.78, 5) is 25.1. The van der Waals surface area contributed by atoms with Crippen molar-refractivity contribution < 1.29 is 9.21 Å². The normalized spacial score (nSPS) is 11.1. The van der Waals surface area contributed by atoms with Crippen molar-refractivity contribution in [3.8, 4) is 0 Å². The minimum atomic E-state index is -0.0712. The summed E-state index contributed by atoms with van der Waals surface area (Å²) in [6.07, 6.45) is 1.07. The zero-order valence-corrected chi connectivity index (χ0v) is 15.9. The lowest BCUT2D eigenvalue weighted by Crippen LogP contribution is -2.12. The molecule has 0 aliphatic carbocycles. The molecule has 0 aliphatic rings. The van der Waals surface area contributed by atoms with Crippen molar-refractivity contribution in [2.45, 2.75) is 26.7 Å². The summed E-state index contributed by atoms with van der Waals surface area (Å²) in [6.45, 7) is 3.89. The Bertz CT molecular complexity index is 1240. The van der Waals surface area contributed by atoms with Crippen LogP contribution >= 0.6 is 0 Å². The summed E-state index contributed by atoms with van der Waals surface area (Å²) >= 11 is 0. The van der Waals surface area contributed by atoms with Gasteiger partial charge in [-0.05, 0) is 55.2 Å². The maximum absolute atomic E-state index is 12.8. The predicted molar refractivity (Wildman–Crippen MR) is 113 cm³/mol. The number of fused-ring (bicyclic) bond motifs is 2. The van der Waals surface area contributed by atoms with Crippen molar-refractivity contribution in [1.82, 2.24) is 0 Å². The Morgan fingerprint density at radius 1 is 0.964 bits per heavy atom. The number of aryl methyl sites for hydroxylation is 3. The van der Waals surface area contributed by atoms with E-state index in [0.717, 1.165) is 16.7 Å². The molecule has 0 unspecified atom stereocenters. The number of hydrogen-bond acceptors (Lipinski definition) is 3. The Kier molecular flexibility index (Phi) is 4.70. The van der Waals surface area contributed by atoms with Crippen LogP contribution in [-0.4, -0.2) is 5.91 Å². The van der Waals surface area contributed by atoms with Gasteiger partial charge in [0.15, 0.2) is 0 Å². The molecule has 1 heterocycles. The third-order valence-corrected chi connectivity index (χ3v) is 4.87. The van der Waals surface area contributed by atoms with Gasteiger partial charge in [0.25, 0.3) is 0 Å². The van der Waals surface area contributed by atoms with Crippen molar-refractivity contribution in [3.63, 3.8) is 0 Å². The van der Waals surface area contributed by atoms with Crippen LogP contribution in [0.25, 0.3) is 21.9 Å². The lowest BCUT2D eigenvalue weighted by Gasteiger charge is -2.08. The Morgan fingerprint density at radius 2 is 1.75 bits per heavy atom. The van der Waals surface area contributed by atoms with Crippen LogP contribution in [-0.2, 0) is 11.2 Å². The van der Waals surface area contributed by atoms with Gasteiger partial charge in [0, 0.05) is 18.2 Å². The predicted octanol–water partition coefficient (Wildman–Crippen LogP) is 5.13. The molecule has 4 rings (SSSR count). The van der Waals surface area contributed by atoms with Crippen molar-refractivity contribution in [2.75, 3.05) is 5.32 Å². The standard InChI is InChI=1S/C24H21NO3/c1-15-12-16(2)24-20(13-15)23(27)19-10-9-18(14-21(19)28-24)25-22(26)11-8-17-6-4-3-5-7-17/h3-7,9-10,12-14H,8,11H2,1-2H3,(H,25,26). The Hall–Kier alpha value is -3.40. The fraction of sp³-hybridized carbons (Fsp3) is 0.167. The molecule has 1 N–H and O–H groups in total. The van der Waals surface area contributed by atoms with Gasteiger partial charge < -0.3 is 9.73 Å². The highest BCUT2D eigenvalue weighted by molar-refractivity contribution is 5.96. The van der Waals surface area contributed by atoms with Gasteiger partial charge in [-0.3, -0.25) is 9.59 Å². The Morgan fingerprint density at radius 3 is 2.54 bits per heavy atom. The van der Waals surface area contributed by atoms with Gasteiger partial charge in [-0.25, -0.2) is 0 Å². The number of amides is 1. The van der Waals surface area contributed by atoms with E-state index in [-0.39, 0.29) is 11.3 Å². The SMILES string of the molecule is Cc1cc(C)c2oc3cc(NC(=O)CCc4ccccc4)ccc3c(=O)c2c1. The molecule has 0 radical (unpaired) electrons. The fourth-order valence-corrected chi connectivity index (χ4v) is 3.51. The minimum Gasteiger partial charge on any atom is -0.455 e. The molecule has 3 aromatic carbocycles. The fourth-order valence-electron chi connectivity index (χ4n) is 3.51. The lowest BCUT2D eigenvalue weighted by molar-refractivity contribution is -0.116. The number of anilines is 1. The number of hydrogen-bond donors (Lipinski definition) is 1. The van der Waals surface area contributed by atoms with E-state index in [0.29, 0.717) is 40.5 Å². The Labute approximate surface area is 162 Å². The van der Waals surface area contributed by atoms with Crippen LogP contribution in [0.1, 0.15) is 23.1 Å². The zero-order valence-electron chi connectivity index (χ0n) is 15.9. The average Bonchev–Trinajstić information content (AvgIpc) is 2.68. The van der Waals surface area contributed by atoms with Gasteiger partial charge >= 0.3 is 0 Å². The van der Waals surface area contributed by atoms with Crippen LogP contribution in [0.2, 0.25) is 0 Å². The molecule has 1 amide bonds. The molecule has 140 valence electrons. The van der Waals surface area contributed by atoms with E-state index in [9.17, 15) is 9.59 Å². The second-order valence-corrected chi connectivity index (χ2v) is 7.13. The van der Waals surface area contributed by atoms with Crippen LogP contribution in [0.3, 0.4) is 0 Å². The first kappa shape index (κ1) is 18.0. The smallest absolute Gasteiger partial charge is 0.224 e. The topological polar surface area (TPSA) is 59.3 Å². The molecule has 0 aliphatic heterocycles. The van der Waals surface area contributed by atoms with Crippen molar-refractivity contribution >= 4 is 33.5 Å². The van der Waals surface area contributed by atoms with Crippen LogP contribution in [0.4, 0.5) is 5.69 Å². The monoisotopic (exact) mass is 371 g/mol. The van der Waals surface area contributed by atoms with Gasteiger partial charge in [-0.15, -0.1) is 0 Å². The number of benzene rings is 3. The highest BCUT2D eigenvalue weighted by atomic mass is 16.3. The molecule has 0 saturated carbocycles. The number of carbonyl (C=O) groups is 1. The molecule has 0 spiro atoms. The van der Waals surface area contributed by atoms with E-state index in [1.54, 1.807) is 18.2 Å². The third kappa shape index (κ3) is 3.54. The molecular weight excluding hydrogens is 350 g/mol. The van der Waals surface area contributed by atoms with E-state index in [1.807, 2.05) is 56.3 Å². The zero-order chi connectivity index (χ0) is 19.7. The van der Waals surface area contributed by atoms with E-state index < -0.39 is 0 Å². The van der Waals surface area contributed by atoms with Gasteiger partial charge in [-0.2, -0.15) is 0 Å². The summed E-state index contributed by atoms with van der Waals surface area (Å²) in [5.41, 5.74) is 4.72. The molecule has 4 nitrogen and oxygen atoms in total. The van der Waals surface area contributed by atoms with Gasteiger partial charge in [0.1, 0.15) is 11.2 Å². The molecule has 0 fully saturated rings. The van der Waals surface area contributed by atoms with Crippen LogP contribution in [0.15, 0.2) is 69.9 Å². The minimum absolute atomic E-state index is 0.0509. The Balaban J connectivity index is 1.61. The highest BCUT2D eigenvalue weighted by Gasteiger charge is 2.12. The van der Waals surface area contributed by atoms with E-state index in [4.69, 9.17) is 4.42 Å². The molecule has 1 aromatic heterocycles. The van der Waals surface area contributed by atoms with Gasteiger partial charge in [-0.1, -0.05) is 36.4 Å². The average molecular weight is 371 g/mol. The first-order chi connectivity index (χ1) is 13.5. The molecule has 28 heavy (non-hydrogen) atoms. The summed E-state index contributed by atoms with van der Waals surface area (Å²) in [7, 11) is 0. The molecule has 0 bridgehead atoms. The largest absolute Gasteiger partial charge is 0.455 e. The molecule has 0 saturated heterocycles. The number of rotatable bonds is 4. The van der Waals surface area contributed by atoms with Gasteiger partial charge in [0.2, 0.25) is 11.3 Å². The van der Waals surface area contributed by atoms with Crippen LogP contribution in [0, 0.1) is 13.8 Å². The van der Waals surface area contributed by atoms with Gasteiger partial charge in [0.05, 0.1) is 10.8 Å². The lowest BCUT2D eigenvalue weighted by atomic mass is 10.1. The van der Waals surface area contributed by atoms with E-state index >= 15 is 0 Å². The first-order valence-electron chi connectivity index (χ1n) is 9.33. The van der Waals surface area contributed by atoms with E-state index in [2.05, 4.69) is 5.32 Å². The second-order valence-electron chi connectivity index (χ2n) is 7.13. The maximum Gasteiger partial charge on any atom is 0.224 e. The van der Waals surface area contributed by atoms with Crippen molar-refractivity contribution in [1.29, 1.82) is 0 Å². The second kappa shape index (κ2) is 7.31. The summed E-state index contributed by atoms with van der Waals surface area (Å²) in [5, 5.41) is 4.00. The van der Waals surface area contributed by atoms with Crippen LogP contribution in [0.5, 0.6) is 0 Å². The van der Waals surface area contributed by atoms with Crippen molar-refractivity contribution in [3.05, 3.63) is 87.6 Å². The molecule has 0 atom stereocenters. The summed E-state index contributed by atoms with van der Waals surface area (Å²) in [5.74, 6) is -0.0712. The highest BCUT2D eigenvalue weighted by Crippen LogP contribution is 2.25. The third-order valence-electron chi connectivity index (χ3n) is 4.87. The summed E-state index contributed by atoms with van der Waals surface area (Å²) < 4.78 is 6.01. The van der Waals surface area contributed by atoms with Crippen molar-refractivity contribution in [2.24, 2.45) is 0 Å². The molecule has 4 heteroatoms. The quantitative estimate of drug-likeness (QED) is 0.506. The van der Waals surface area contributed by atoms with Crippen LogP contribution < -0.4 is 10.7 Å². The molecule has 4 aromatic rings. The summed E-state index contributed by atoms with van der Waals surface area (Å²) in [6, 6.07) is 18.9. The maximum atomic E-state index is 12.8. The molecular formula is C24H21NO3. The first-order valence-corrected chi connectivity index (χ1v) is 9.33.